The number of hydrogen-bond donors (Lipinski definition) is 2. The Balaban J connectivity index is 1.68. The summed E-state index contributed by atoms with van der Waals surface area (Å²) in [7, 11) is 0. The zero-order valence-corrected chi connectivity index (χ0v) is 14.6. The average molecular weight is 337 g/mol. The zero-order chi connectivity index (χ0) is 17.8. The third-order valence-corrected chi connectivity index (χ3v) is 4.34. The molecular formula is C20H23N3O2. The number of amides is 3. The molecule has 5 nitrogen and oxygen atoms in total. The number of benzene rings is 2. The quantitative estimate of drug-likeness (QED) is 0.868. The van der Waals surface area contributed by atoms with Crippen LogP contribution in [0, 0.1) is 13.8 Å². The molecule has 0 unspecified atom stereocenters. The predicted molar refractivity (Wildman–Crippen MR) is 101 cm³/mol. The predicted octanol–water partition coefficient (Wildman–Crippen LogP) is 4.46. The fourth-order valence-corrected chi connectivity index (χ4v) is 3.11. The first-order chi connectivity index (χ1) is 12.0. The topological polar surface area (TPSA) is 61.4 Å². The molecule has 0 saturated carbocycles. The zero-order valence-electron chi connectivity index (χ0n) is 14.6. The summed E-state index contributed by atoms with van der Waals surface area (Å²) in [5.41, 5.74) is 4.45. The highest BCUT2D eigenvalue weighted by Crippen LogP contribution is 2.27. The van der Waals surface area contributed by atoms with Crippen LogP contribution in [0.2, 0.25) is 0 Å². The van der Waals surface area contributed by atoms with Gasteiger partial charge in [0.2, 0.25) is 5.91 Å². The minimum Gasteiger partial charge on any atom is -0.312 e. The van der Waals surface area contributed by atoms with Gasteiger partial charge in [0.1, 0.15) is 0 Å². The lowest BCUT2D eigenvalue weighted by Crippen LogP contribution is -2.35. The maximum absolute atomic E-state index is 12.2. The van der Waals surface area contributed by atoms with E-state index in [-0.39, 0.29) is 11.9 Å². The molecule has 1 fully saturated rings. The molecule has 25 heavy (non-hydrogen) atoms. The number of nitrogens with one attached hydrogen (secondary N) is 2. The summed E-state index contributed by atoms with van der Waals surface area (Å²) in [6.07, 6.45) is 2.61. The molecule has 2 aromatic carbocycles. The van der Waals surface area contributed by atoms with Gasteiger partial charge in [-0.3, -0.25) is 4.79 Å². The third-order valence-electron chi connectivity index (χ3n) is 4.34. The van der Waals surface area contributed by atoms with E-state index in [1.165, 1.54) is 0 Å². The van der Waals surface area contributed by atoms with Crippen molar-refractivity contribution >= 4 is 29.0 Å². The van der Waals surface area contributed by atoms with Crippen LogP contribution < -0.4 is 15.5 Å². The summed E-state index contributed by atoms with van der Waals surface area (Å²) in [4.78, 5) is 26.1. The molecule has 0 aromatic heterocycles. The molecule has 2 aromatic rings. The van der Waals surface area contributed by atoms with Gasteiger partial charge in [-0.2, -0.15) is 0 Å². The van der Waals surface area contributed by atoms with E-state index in [2.05, 4.69) is 10.6 Å². The van der Waals surface area contributed by atoms with Crippen molar-refractivity contribution in [1.29, 1.82) is 0 Å². The van der Waals surface area contributed by atoms with Crippen molar-refractivity contribution in [2.75, 3.05) is 22.1 Å². The van der Waals surface area contributed by atoms with Crippen LogP contribution in [0.3, 0.4) is 0 Å². The molecule has 3 rings (SSSR count). The summed E-state index contributed by atoms with van der Waals surface area (Å²) in [5.74, 6) is 0.173. The highest BCUT2D eigenvalue weighted by Gasteiger charge is 2.21. The minimum atomic E-state index is -0.285. The van der Waals surface area contributed by atoms with Crippen molar-refractivity contribution < 1.29 is 9.59 Å². The normalized spacial score (nSPS) is 14.3. The summed E-state index contributed by atoms with van der Waals surface area (Å²) in [6, 6.07) is 13.0. The Kier molecular flexibility index (Phi) is 5.03. The fraction of sp³-hybridized carbons (Fsp3) is 0.300. The van der Waals surface area contributed by atoms with E-state index in [4.69, 9.17) is 0 Å². The Hall–Kier alpha value is -2.82. The van der Waals surface area contributed by atoms with Crippen LogP contribution in [0.15, 0.2) is 42.5 Å². The van der Waals surface area contributed by atoms with Crippen molar-refractivity contribution in [1.82, 2.24) is 0 Å². The lowest BCUT2D eigenvalue weighted by molar-refractivity contribution is -0.119. The number of carbonyl (C=O) groups excluding carboxylic acids is 2. The summed E-state index contributed by atoms with van der Waals surface area (Å²) in [5, 5.41) is 5.66. The molecule has 1 aliphatic heterocycles. The Morgan fingerprint density at radius 2 is 1.76 bits per heavy atom. The van der Waals surface area contributed by atoms with Crippen molar-refractivity contribution in [3.8, 4) is 0 Å². The smallest absolute Gasteiger partial charge is 0.312 e. The van der Waals surface area contributed by atoms with Gasteiger partial charge < -0.3 is 15.5 Å². The number of anilines is 3. The minimum absolute atomic E-state index is 0.173. The van der Waals surface area contributed by atoms with E-state index in [1.807, 2.05) is 61.2 Å². The SMILES string of the molecule is Cc1cccc(NC(=O)Nc2ccc(N3CCCCC3=O)c(C)c2)c1. The number of urea groups is 1. The second kappa shape index (κ2) is 7.38. The molecule has 0 bridgehead atoms. The number of rotatable bonds is 3. The lowest BCUT2D eigenvalue weighted by atomic mass is 10.1. The lowest BCUT2D eigenvalue weighted by Gasteiger charge is -2.28. The van der Waals surface area contributed by atoms with Gasteiger partial charge in [-0.05, 0) is 68.1 Å². The molecule has 1 saturated heterocycles. The van der Waals surface area contributed by atoms with Crippen LogP contribution in [0.1, 0.15) is 30.4 Å². The molecule has 1 heterocycles. The Labute approximate surface area is 148 Å². The molecule has 2 N–H and O–H groups in total. The summed E-state index contributed by atoms with van der Waals surface area (Å²) in [6.45, 7) is 4.70. The molecule has 0 spiro atoms. The second-order valence-corrected chi connectivity index (χ2v) is 6.45. The van der Waals surface area contributed by atoms with Crippen LogP contribution >= 0.6 is 0 Å². The van der Waals surface area contributed by atoms with Gasteiger partial charge in [-0.15, -0.1) is 0 Å². The van der Waals surface area contributed by atoms with E-state index in [0.29, 0.717) is 12.1 Å². The van der Waals surface area contributed by atoms with Crippen LogP contribution in [0.5, 0.6) is 0 Å². The van der Waals surface area contributed by atoms with Gasteiger partial charge in [0.15, 0.2) is 0 Å². The van der Waals surface area contributed by atoms with E-state index in [1.54, 1.807) is 0 Å². The summed E-state index contributed by atoms with van der Waals surface area (Å²) >= 11 is 0. The van der Waals surface area contributed by atoms with E-state index >= 15 is 0 Å². The molecule has 3 amide bonds. The van der Waals surface area contributed by atoms with Crippen LogP contribution in [0.25, 0.3) is 0 Å². The molecule has 0 aliphatic carbocycles. The number of carbonyl (C=O) groups is 2. The molecule has 5 heteroatoms. The summed E-state index contributed by atoms with van der Waals surface area (Å²) < 4.78 is 0. The van der Waals surface area contributed by atoms with Crippen molar-refractivity contribution in [3.05, 3.63) is 53.6 Å². The Bertz CT molecular complexity index is 801. The third kappa shape index (κ3) is 4.18. The maximum atomic E-state index is 12.2. The van der Waals surface area contributed by atoms with E-state index < -0.39 is 0 Å². The van der Waals surface area contributed by atoms with Crippen molar-refractivity contribution in [2.45, 2.75) is 33.1 Å². The fourth-order valence-electron chi connectivity index (χ4n) is 3.11. The van der Waals surface area contributed by atoms with Crippen molar-refractivity contribution in [3.63, 3.8) is 0 Å². The Morgan fingerprint density at radius 3 is 2.44 bits per heavy atom. The number of aryl methyl sites for hydroxylation is 2. The highest BCUT2D eigenvalue weighted by atomic mass is 16.2. The molecule has 0 atom stereocenters. The van der Waals surface area contributed by atoms with Crippen LogP contribution in [-0.2, 0) is 4.79 Å². The van der Waals surface area contributed by atoms with E-state index in [0.717, 1.165) is 41.9 Å². The van der Waals surface area contributed by atoms with Crippen LogP contribution in [0.4, 0.5) is 21.9 Å². The standard InChI is InChI=1S/C20H23N3O2/c1-14-6-5-7-16(12-14)21-20(25)22-17-9-10-18(15(2)13-17)23-11-4-3-8-19(23)24/h5-7,9-10,12-13H,3-4,8,11H2,1-2H3,(H2,21,22,25). The second-order valence-electron chi connectivity index (χ2n) is 6.45. The van der Waals surface area contributed by atoms with E-state index in [9.17, 15) is 9.59 Å². The first kappa shape index (κ1) is 17.0. The first-order valence-corrected chi connectivity index (χ1v) is 8.58. The van der Waals surface area contributed by atoms with Crippen molar-refractivity contribution in [2.24, 2.45) is 0 Å². The van der Waals surface area contributed by atoms with Crippen LogP contribution in [-0.4, -0.2) is 18.5 Å². The van der Waals surface area contributed by atoms with Gasteiger partial charge >= 0.3 is 6.03 Å². The van der Waals surface area contributed by atoms with Gasteiger partial charge in [0, 0.05) is 30.0 Å². The maximum Gasteiger partial charge on any atom is 0.323 e. The molecule has 0 radical (unpaired) electrons. The molecular weight excluding hydrogens is 314 g/mol. The molecule has 1 aliphatic rings. The van der Waals surface area contributed by atoms with Gasteiger partial charge in [-0.1, -0.05) is 12.1 Å². The highest BCUT2D eigenvalue weighted by molar-refractivity contribution is 6.00. The number of piperidine rings is 1. The first-order valence-electron chi connectivity index (χ1n) is 8.58. The van der Waals surface area contributed by atoms with Gasteiger partial charge in [0.05, 0.1) is 0 Å². The van der Waals surface area contributed by atoms with Gasteiger partial charge in [0.25, 0.3) is 0 Å². The molecule has 130 valence electrons. The number of nitrogens with zero attached hydrogens (tertiary/aromatic N) is 1. The largest absolute Gasteiger partial charge is 0.323 e. The Morgan fingerprint density at radius 1 is 1.00 bits per heavy atom. The number of hydrogen-bond acceptors (Lipinski definition) is 2. The average Bonchev–Trinajstić information content (AvgIpc) is 2.56. The monoisotopic (exact) mass is 337 g/mol. The van der Waals surface area contributed by atoms with Gasteiger partial charge in [-0.25, -0.2) is 4.79 Å².